The van der Waals surface area contributed by atoms with Gasteiger partial charge in [-0.2, -0.15) is 13.2 Å². The molecule has 1 aliphatic rings. The van der Waals surface area contributed by atoms with Gasteiger partial charge in [0.25, 0.3) is 5.91 Å². The summed E-state index contributed by atoms with van der Waals surface area (Å²) in [5.41, 5.74) is 0.646. The number of alkyl halides is 3. The normalized spacial score (nSPS) is 15.6. The van der Waals surface area contributed by atoms with Gasteiger partial charge < -0.3 is 20.2 Å². The molecule has 1 fully saturated rings. The summed E-state index contributed by atoms with van der Waals surface area (Å²) in [6.07, 6.45) is -4.39. The third-order valence-electron chi connectivity index (χ3n) is 4.59. The fourth-order valence-electron chi connectivity index (χ4n) is 3.10. The van der Waals surface area contributed by atoms with Crippen LogP contribution in [0.15, 0.2) is 48.5 Å². The monoisotopic (exact) mass is 380 g/mol. The van der Waals surface area contributed by atoms with E-state index >= 15 is 0 Å². The lowest BCUT2D eigenvalue weighted by molar-refractivity contribution is -0.892. The van der Waals surface area contributed by atoms with E-state index in [2.05, 4.69) is 10.2 Å². The molecule has 0 bridgehead atoms. The highest BCUT2D eigenvalue weighted by Gasteiger charge is 2.30. The maximum Gasteiger partial charge on any atom is 0.416 e. The van der Waals surface area contributed by atoms with Gasteiger partial charge in [-0.05, 0) is 48.5 Å². The Kier molecular flexibility index (Phi) is 5.55. The molecule has 2 aromatic rings. The van der Waals surface area contributed by atoms with Gasteiger partial charge in [-0.1, -0.05) is 0 Å². The second-order valence-electron chi connectivity index (χ2n) is 6.55. The number of hydrogen-bond acceptors (Lipinski definition) is 3. The number of halogens is 3. The van der Waals surface area contributed by atoms with Crippen LogP contribution >= 0.6 is 0 Å². The van der Waals surface area contributed by atoms with Crippen LogP contribution < -0.4 is 15.1 Å². The predicted molar refractivity (Wildman–Crippen MR) is 96.0 cm³/mol. The zero-order chi connectivity index (χ0) is 19.4. The molecule has 0 unspecified atom stereocenters. The van der Waals surface area contributed by atoms with Crippen molar-refractivity contribution in [2.45, 2.75) is 6.18 Å². The standard InChI is InChI=1S/C19H20F3N3O2/c20-19(21,22)14-1-3-15(4-2-14)23-18(27)13-24-9-11-25(12-10-24)16-5-7-17(26)8-6-16/h1-8,26H,9-13H2,(H,23,27)/p+1. The summed E-state index contributed by atoms with van der Waals surface area (Å²) in [6.45, 7) is 3.40. The minimum absolute atomic E-state index is 0.220. The number of benzene rings is 2. The van der Waals surface area contributed by atoms with E-state index in [1.165, 1.54) is 12.1 Å². The number of anilines is 2. The van der Waals surface area contributed by atoms with E-state index in [1.807, 2.05) is 12.1 Å². The Hall–Kier alpha value is -2.74. The lowest BCUT2D eigenvalue weighted by atomic mass is 10.2. The Bertz CT molecular complexity index is 768. The quantitative estimate of drug-likeness (QED) is 0.758. The Balaban J connectivity index is 1.47. The van der Waals surface area contributed by atoms with Crippen LogP contribution in [0, 0.1) is 0 Å². The van der Waals surface area contributed by atoms with Gasteiger partial charge in [0, 0.05) is 11.4 Å². The molecule has 0 radical (unpaired) electrons. The molecule has 0 aromatic heterocycles. The number of nitrogens with one attached hydrogen (secondary N) is 2. The SMILES string of the molecule is O=C(C[NH+]1CCN(c2ccc(O)cc2)CC1)Nc1ccc(C(F)(F)F)cc1. The highest BCUT2D eigenvalue weighted by atomic mass is 19.4. The molecular formula is C19H21F3N3O2+. The summed E-state index contributed by atoms with van der Waals surface area (Å²) in [5.74, 6) is 0.00536. The Morgan fingerprint density at radius 2 is 1.63 bits per heavy atom. The van der Waals surface area contributed by atoms with E-state index in [4.69, 9.17) is 0 Å². The first-order chi connectivity index (χ1) is 12.8. The number of carbonyl (C=O) groups excluding carboxylic acids is 1. The van der Waals surface area contributed by atoms with Crippen LogP contribution in [-0.2, 0) is 11.0 Å². The maximum absolute atomic E-state index is 12.6. The van der Waals surface area contributed by atoms with Crippen LogP contribution in [0.25, 0.3) is 0 Å². The van der Waals surface area contributed by atoms with Crippen molar-refractivity contribution in [2.75, 3.05) is 42.9 Å². The average Bonchev–Trinajstić information content (AvgIpc) is 2.63. The van der Waals surface area contributed by atoms with Crippen LogP contribution in [-0.4, -0.2) is 43.7 Å². The van der Waals surface area contributed by atoms with Crippen molar-refractivity contribution >= 4 is 17.3 Å². The van der Waals surface area contributed by atoms with E-state index in [9.17, 15) is 23.1 Å². The van der Waals surface area contributed by atoms with Gasteiger partial charge in [0.15, 0.2) is 6.54 Å². The zero-order valence-electron chi connectivity index (χ0n) is 14.6. The molecule has 1 aliphatic heterocycles. The van der Waals surface area contributed by atoms with Crippen molar-refractivity contribution in [3.8, 4) is 5.75 Å². The minimum Gasteiger partial charge on any atom is -0.508 e. The molecule has 5 nitrogen and oxygen atoms in total. The summed E-state index contributed by atoms with van der Waals surface area (Å²) < 4.78 is 37.7. The fourth-order valence-corrected chi connectivity index (χ4v) is 3.10. The van der Waals surface area contributed by atoms with Crippen molar-refractivity contribution in [2.24, 2.45) is 0 Å². The van der Waals surface area contributed by atoms with Crippen molar-refractivity contribution in [3.63, 3.8) is 0 Å². The molecule has 0 aliphatic carbocycles. The molecule has 1 saturated heterocycles. The van der Waals surface area contributed by atoms with Crippen LogP contribution in [0.4, 0.5) is 24.5 Å². The molecule has 8 heteroatoms. The molecule has 27 heavy (non-hydrogen) atoms. The summed E-state index contributed by atoms with van der Waals surface area (Å²) in [6, 6.07) is 11.4. The first-order valence-corrected chi connectivity index (χ1v) is 8.66. The molecule has 0 saturated carbocycles. The third kappa shape index (κ3) is 5.13. The second kappa shape index (κ2) is 7.87. The van der Waals surface area contributed by atoms with E-state index < -0.39 is 11.7 Å². The predicted octanol–water partition coefficient (Wildman–Crippen LogP) is 1.75. The van der Waals surface area contributed by atoms with Crippen LogP contribution in [0.1, 0.15) is 5.56 Å². The second-order valence-corrected chi connectivity index (χ2v) is 6.55. The highest BCUT2D eigenvalue weighted by molar-refractivity contribution is 5.91. The van der Waals surface area contributed by atoms with Gasteiger partial charge in [-0.3, -0.25) is 4.79 Å². The van der Waals surface area contributed by atoms with Gasteiger partial charge in [0.2, 0.25) is 0 Å². The number of hydrogen-bond donors (Lipinski definition) is 3. The Morgan fingerprint density at radius 3 is 2.19 bits per heavy atom. The van der Waals surface area contributed by atoms with Crippen LogP contribution in [0.3, 0.4) is 0 Å². The molecular weight excluding hydrogens is 359 g/mol. The Morgan fingerprint density at radius 1 is 1.04 bits per heavy atom. The molecule has 2 aromatic carbocycles. The molecule has 0 spiro atoms. The number of aromatic hydroxyl groups is 1. The van der Waals surface area contributed by atoms with E-state index in [-0.39, 0.29) is 18.2 Å². The van der Waals surface area contributed by atoms with Gasteiger partial charge in [0.05, 0.1) is 31.7 Å². The first kappa shape index (κ1) is 19.0. The molecule has 3 N–H and O–H groups in total. The number of quaternary nitrogens is 1. The van der Waals surface area contributed by atoms with Gasteiger partial charge in [-0.15, -0.1) is 0 Å². The number of phenols is 1. The lowest BCUT2D eigenvalue weighted by Crippen LogP contribution is -3.15. The number of piperazine rings is 1. The third-order valence-corrected chi connectivity index (χ3v) is 4.59. The van der Waals surface area contributed by atoms with E-state index in [0.29, 0.717) is 5.69 Å². The average molecular weight is 380 g/mol. The van der Waals surface area contributed by atoms with Crippen LogP contribution in [0.5, 0.6) is 5.75 Å². The minimum atomic E-state index is -4.39. The number of nitrogens with zero attached hydrogens (tertiary/aromatic N) is 1. The lowest BCUT2D eigenvalue weighted by Gasteiger charge is -2.33. The summed E-state index contributed by atoms with van der Waals surface area (Å²) >= 11 is 0. The first-order valence-electron chi connectivity index (χ1n) is 8.66. The number of phenolic OH excluding ortho intramolecular Hbond substituents is 1. The summed E-state index contributed by atoms with van der Waals surface area (Å²) in [4.78, 5) is 15.5. The highest BCUT2D eigenvalue weighted by Crippen LogP contribution is 2.29. The topological polar surface area (TPSA) is 57.0 Å². The fraction of sp³-hybridized carbons (Fsp3) is 0.316. The smallest absolute Gasteiger partial charge is 0.416 e. The summed E-state index contributed by atoms with van der Waals surface area (Å²) in [5, 5.41) is 12.0. The molecule has 1 heterocycles. The molecule has 0 atom stereocenters. The summed E-state index contributed by atoms with van der Waals surface area (Å²) in [7, 11) is 0. The van der Waals surface area contributed by atoms with Gasteiger partial charge in [-0.25, -0.2) is 0 Å². The van der Waals surface area contributed by atoms with Gasteiger partial charge in [0.1, 0.15) is 5.75 Å². The number of rotatable bonds is 4. The van der Waals surface area contributed by atoms with E-state index in [0.717, 1.165) is 48.9 Å². The molecule has 144 valence electrons. The van der Waals surface area contributed by atoms with E-state index in [1.54, 1.807) is 12.1 Å². The van der Waals surface area contributed by atoms with Crippen molar-refractivity contribution in [1.82, 2.24) is 0 Å². The Labute approximate surface area is 155 Å². The van der Waals surface area contributed by atoms with Crippen molar-refractivity contribution in [3.05, 3.63) is 54.1 Å². The van der Waals surface area contributed by atoms with Gasteiger partial charge >= 0.3 is 6.18 Å². The number of amides is 1. The van der Waals surface area contributed by atoms with Crippen LogP contribution in [0.2, 0.25) is 0 Å². The van der Waals surface area contributed by atoms with Crippen molar-refractivity contribution < 1.29 is 28.0 Å². The maximum atomic E-state index is 12.6. The largest absolute Gasteiger partial charge is 0.508 e. The molecule has 3 rings (SSSR count). The zero-order valence-corrected chi connectivity index (χ0v) is 14.6. The molecule has 1 amide bonds. The van der Waals surface area contributed by atoms with Crippen molar-refractivity contribution in [1.29, 1.82) is 0 Å². The number of carbonyl (C=O) groups is 1.